The summed E-state index contributed by atoms with van der Waals surface area (Å²) in [6, 6.07) is 0. The minimum Gasteiger partial charge on any atom is -0.425 e. The van der Waals surface area contributed by atoms with E-state index in [4.69, 9.17) is 4.42 Å². The Labute approximate surface area is 57.3 Å². The second kappa shape index (κ2) is 1.76. The Morgan fingerprint density at radius 2 is 2.30 bits per heavy atom. The number of aromatic nitrogens is 3. The van der Waals surface area contributed by atoms with E-state index in [9.17, 15) is 0 Å². The maximum Gasteiger partial charge on any atom is 0.250 e. The predicted molar refractivity (Wildman–Crippen MR) is 33.5 cm³/mol. The van der Waals surface area contributed by atoms with E-state index in [-0.39, 0.29) is 0 Å². The smallest absolute Gasteiger partial charge is 0.250 e. The molecule has 0 atom stereocenters. The van der Waals surface area contributed by atoms with Crippen molar-refractivity contribution in [1.29, 1.82) is 0 Å². The van der Waals surface area contributed by atoms with E-state index in [1.165, 1.54) is 6.39 Å². The molecule has 0 spiro atoms. The molecule has 0 bridgehead atoms. The third kappa shape index (κ3) is 0.586. The van der Waals surface area contributed by atoms with Crippen molar-refractivity contribution >= 4 is 0 Å². The van der Waals surface area contributed by atoms with Gasteiger partial charge in [-0.1, -0.05) is 0 Å². The monoisotopic (exact) mass is 135 g/mol. The summed E-state index contributed by atoms with van der Waals surface area (Å²) in [6.07, 6.45) is 3.03. The van der Waals surface area contributed by atoms with Crippen LogP contribution < -0.4 is 0 Å². The molecule has 2 aliphatic heterocycles. The first-order valence-electron chi connectivity index (χ1n) is 2.89. The molecule has 0 unspecified atom stereocenters. The lowest BCUT2D eigenvalue weighted by Crippen LogP contribution is -1.78. The van der Waals surface area contributed by atoms with Gasteiger partial charge in [-0.2, -0.15) is 5.10 Å². The van der Waals surface area contributed by atoms with E-state index >= 15 is 0 Å². The number of fused-ring (bicyclic) bond motifs is 1. The van der Waals surface area contributed by atoms with Crippen molar-refractivity contribution < 1.29 is 4.42 Å². The number of hydrogen-bond acceptors (Lipinski definition) is 4. The third-order valence-electron chi connectivity index (χ3n) is 1.34. The molecule has 0 aromatic heterocycles. The lowest BCUT2D eigenvalue weighted by Gasteiger charge is -1.90. The third-order valence-corrected chi connectivity index (χ3v) is 1.34. The zero-order valence-corrected chi connectivity index (χ0v) is 5.40. The van der Waals surface area contributed by atoms with Crippen molar-refractivity contribution in [2.24, 2.45) is 0 Å². The van der Waals surface area contributed by atoms with Gasteiger partial charge in [0.2, 0.25) is 0 Å². The Morgan fingerprint density at radius 1 is 1.40 bits per heavy atom. The fourth-order valence-corrected chi connectivity index (χ4v) is 0.804. The van der Waals surface area contributed by atoms with Gasteiger partial charge < -0.3 is 4.42 Å². The highest BCUT2D eigenvalue weighted by atomic mass is 16.3. The molecule has 0 aliphatic carbocycles. The van der Waals surface area contributed by atoms with Crippen LogP contribution in [0.1, 0.15) is 5.69 Å². The minimum absolute atomic E-state index is 0.549. The quantitative estimate of drug-likeness (QED) is 0.538. The second-order valence-electron chi connectivity index (χ2n) is 2.01. The van der Waals surface area contributed by atoms with E-state index in [0.29, 0.717) is 5.89 Å². The molecule has 0 radical (unpaired) electrons. The van der Waals surface area contributed by atoms with E-state index in [1.54, 1.807) is 6.20 Å². The highest BCUT2D eigenvalue weighted by Gasteiger charge is 2.10. The van der Waals surface area contributed by atoms with Gasteiger partial charge in [-0.25, -0.2) is 4.98 Å². The number of hydrogen-bond donors (Lipinski definition) is 0. The molecule has 0 aromatic rings. The Hall–Kier alpha value is -1.45. The van der Waals surface area contributed by atoms with E-state index in [1.807, 2.05) is 6.92 Å². The normalized spacial score (nSPS) is 10.5. The van der Waals surface area contributed by atoms with Gasteiger partial charge in [0, 0.05) is 6.20 Å². The zero-order chi connectivity index (χ0) is 6.97. The summed E-state index contributed by atoms with van der Waals surface area (Å²) in [6.45, 7) is 1.87. The summed E-state index contributed by atoms with van der Waals surface area (Å²) in [5.41, 5.74) is 1.73. The van der Waals surface area contributed by atoms with Crippen molar-refractivity contribution in [3.05, 3.63) is 18.3 Å². The van der Waals surface area contributed by atoms with Crippen LogP contribution in [0.15, 0.2) is 17.0 Å². The Bertz CT molecular complexity index is 317. The second-order valence-corrected chi connectivity index (χ2v) is 2.01. The molecule has 2 aliphatic rings. The SMILES string of the molecule is Cc1nnc2ocncc1-2. The van der Waals surface area contributed by atoms with Gasteiger partial charge in [0.1, 0.15) is 0 Å². The van der Waals surface area contributed by atoms with Crippen LogP contribution in [0.3, 0.4) is 0 Å². The molecule has 4 heteroatoms. The first kappa shape index (κ1) is 5.34. The van der Waals surface area contributed by atoms with Crippen LogP contribution in [0.5, 0.6) is 0 Å². The van der Waals surface area contributed by atoms with Gasteiger partial charge >= 0.3 is 0 Å². The molecule has 2 rings (SSSR count). The Kier molecular flexibility index (Phi) is 0.943. The van der Waals surface area contributed by atoms with Crippen LogP contribution in [0.4, 0.5) is 0 Å². The molecular formula is C6H5N3O. The molecule has 0 aromatic carbocycles. The summed E-state index contributed by atoms with van der Waals surface area (Å²) < 4.78 is 4.95. The topological polar surface area (TPSA) is 51.8 Å². The summed E-state index contributed by atoms with van der Waals surface area (Å²) in [7, 11) is 0. The lowest BCUT2D eigenvalue weighted by molar-refractivity contribution is 0.525. The van der Waals surface area contributed by atoms with Crippen LogP contribution >= 0.6 is 0 Å². The van der Waals surface area contributed by atoms with Crippen molar-refractivity contribution in [1.82, 2.24) is 15.2 Å². The summed E-state index contributed by atoms with van der Waals surface area (Å²) >= 11 is 0. The van der Waals surface area contributed by atoms with Gasteiger partial charge in [0.15, 0.2) is 6.39 Å². The molecule has 4 nitrogen and oxygen atoms in total. The first-order valence-corrected chi connectivity index (χ1v) is 2.89. The molecule has 10 heavy (non-hydrogen) atoms. The highest BCUT2D eigenvalue weighted by molar-refractivity contribution is 5.54. The molecule has 0 amide bonds. The summed E-state index contributed by atoms with van der Waals surface area (Å²) in [5.74, 6) is 0.549. The van der Waals surface area contributed by atoms with E-state index < -0.39 is 0 Å². The van der Waals surface area contributed by atoms with Gasteiger partial charge in [0.05, 0.1) is 11.3 Å². The largest absolute Gasteiger partial charge is 0.425 e. The van der Waals surface area contributed by atoms with Crippen LogP contribution in [0.25, 0.3) is 11.5 Å². The average molecular weight is 135 g/mol. The van der Waals surface area contributed by atoms with Crippen molar-refractivity contribution in [3.8, 4) is 11.5 Å². The molecular weight excluding hydrogens is 130 g/mol. The fourth-order valence-electron chi connectivity index (χ4n) is 0.804. The number of nitrogens with zero attached hydrogens (tertiary/aromatic N) is 3. The lowest BCUT2D eigenvalue weighted by atomic mass is 10.3. The highest BCUT2D eigenvalue weighted by Crippen LogP contribution is 2.19. The number of aryl methyl sites for hydroxylation is 1. The average Bonchev–Trinajstić information content (AvgIpc) is 2.34. The Balaban J connectivity index is 2.78. The number of rotatable bonds is 0. The maximum atomic E-state index is 4.95. The zero-order valence-electron chi connectivity index (χ0n) is 5.40. The molecule has 0 saturated heterocycles. The molecule has 0 fully saturated rings. The summed E-state index contributed by atoms with van der Waals surface area (Å²) in [4.78, 5) is 3.80. The fraction of sp³-hybridized carbons (Fsp3) is 0.167. The van der Waals surface area contributed by atoms with Crippen molar-refractivity contribution in [2.45, 2.75) is 6.92 Å². The van der Waals surface area contributed by atoms with Gasteiger partial charge in [-0.05, 0) is 6.92 Å². The van der Waals surface area contributed by atoms with Gasteiger partial charge in [-0.3, -0.25) is 0 Å². The van der Waals surface area contributed by atoms with Gasteiger partial charge in [-0.15, -0.1) is 5.10 Å². The first-order chi connectivity index (χ1) is 4.88. The van der Waals surface area contributed by atoms with Crippen LogP contribution in [-0.4, -0.2) is 15.2 Å². The molecule has 0 N–H and O–H groups in total. The maximum absolute atomic E-state index is 4.95. The molecule has 2 heterocycles. The van der Waals surface area contributed by atoms with Crippen LogP contribution in [0, 0.1) is 6.92 Å². The van der Waals surface area contributed by atoms with E-state index in [2.05, 4.69) is 15.2 Å². The Morgan fingerprint density at radius 3 is 3.10 bits per heavy atom. The van der Waals surface area contributed by atoms with E-state index in [0.717, 1.165) is 11.3 Å². The molecule has 0 saturated carbocycles. The van der Waals surface area contributed by atoms with Crippen molar-refractivity contribution in [3.63, 3.8) is 0 Å². The summed E-state index contributed by atoms with van der Waals surface area (Å²) in [5, 5.41) is 7.57. The standard InChI is InChI=1S/C6H5N3O/c1-4-5-2-7-3-10-6(5)9-8-4/h2-3H,1H3. The predicted octanol–water partition coefficient (Wildman–Crippen LogP) is 0.878. The van der Waals surface area contributed by atoms with Crippen LogP contribution in [0.2, 0.25) is 0 Å². The van der Waals surface area contributed by atoms with Crippen LogP contribution in [-0.2, 0) is 0 Å². The molecule has 50 valence electrons. The minimum atomic E-state index is 0.549. The van der Waals surface area contributed by atoms with Crippen molar-refractivity contribution in [2.75, 3.05) is 0 Å². The van der Waals surface area contributed by atoms with Gasteiger partial charge in [0.25, 0.3) is 5.89 Å².